The van der Waals surface area contributed by atoms with Gasteiger partial charge in [0, 0.05) is 19.6 Å². The van der Waals surface area contributed by atoms with Crippen LogP contribution in [0.5, 0.6) is 0 Å². The summed E-state index contributed by atoms with van der Waals surface area (Å²) in [4.78, 5) is 19.0. The minimum Gasteiger partial charge on any atom is -0.440 e. The van der Waals surface area contributed by atoms with E-state index in [4.69, 9.17) is 4.42 Å². The zero-order valence-corrected chi connectivity index (χ0v) is 11.5. The van der Waals surface area contributed by atoms with Crippen LogP contribution in [0.15, 0.2) is 21.9 Å². The van der Waals surface area contributed by atoms with Crippen molar-refractivity contribution in [3.8, 4) is 10.8 Å². The van der Waals surface area contributed by atoms with Gasteiger partial charge in [-0.2, -0.15) is 0 Å². The number of amides is 1. The predicted octanol–water partition coefficient (Wildman–Crippen LogP) is 1.64. The maximum Gasteiger partial charge on any atom is 0.236 e. The van der Waals surface area contributed by atoms with Crippen LogP contribution in [0.2, 0.25) is 0 Å². The van der Waals surface area contributed by atoms with E-state index < -0.39 is 0 Å². The molecule has 5 nitrogen and oxygen atoms in total. The third kappa shape index (κ3) is 2.69. The fourth-order valence-electron chi connectivity index (χ4n) is 2.12. The number of thiophene rings is 1. The Morgan fingerprint density at radius 2 is 2.47 bits per heavy atom. The Morgan fingerprint density at radius 1 is 1.58 bits per heavy atom. The van der Waals surface area contributed by atoms with Gasteiger partial charge < -0.3 is 9.73 Å². The minimum absolute atomic E-state index is 0.0749. The number of aryl methyl sites for hydroxylation is 1. The summed E-state index contributed by atoms with van der Waals surface area (Å²) in [6.45, 7) is 4.57. The third-order valence-electron chi connectivity index (χ3n) is 3.12. The van der Waals surface area contributed by atoms with Crippen LogP contribution in [0.3, 0.4) is 0 Å². The smallest absolute Gasteiger partial charge is 0.236 e. The van der Waals surface area contributed by atoms with Crippen molar-refractivity contribution in [2.24, 2.45) is 0 Å². The molecule has 1 fully saturated rings. The Hall–Kier alpha value is -1.66. The van der Waals surface area contributed by atoms with E-state index in [9.17, 15) is 4.79 Å². The molecule has 19 heavy (non-hydrogen) atoms. The number of oxazole rings is 1. The van der Waals surface area contributed by atoms with Gasteiger partial charge >= 0.3 is 0 Å². The van der Waals surface area contributed by atoms with Crippen LogP contribution < -0.4 is 5.32 Å². The van der Waals surface area contributed by atoms with Crippen LogP contribution >= 0.6 is 11.3 Å². The minimum atomic E-state index is 0.0749. The lowest BCUT2D eigenvalue weighted by Crippen LogP contribution is -2.47. The van der Waals surface area contributed by atoms with Gasteiger partial charge in [0.15, 0.2) is 0 Å². The Balaban J connectivity index is 1.76. The van der Waals surface area contributed by atoms with Crippen LogP contribution in [0.1, 0.15) is 11.5 Å². The molecule has 100 valence electrons. The lowest BCUT2D eigenvalue weighted by Gasteiger charge is -2.25. The van der Waals surface area contributed by atoms with Gasteiger partial charge in [0.2, 0.25) is 11.8 Å². The highest BCUT2D eigenvalue weighted by molar-refractivity contribution is 7.13. The fourth-order valence-corrected chi connectivity index (χ4v) is 2.77. The summed E-state index contributed by atoms with van der Waals surface area (Å²) in [5, 5.41) is 4.82. The molecule has 0 unspecified atom stereocenters. The van der Waals surface area contributed by atoms with Crippen molar-refractivity contribution in [3.05, 3.63) is 29.0 Å². The first-order valence-corrected chi connectivity index (χ1v) is 7.09. The summed E-state index contributed by atoms with van der Waals surface area (Å²) in [5.41, 5.74) is 0.915. The molecule has 0 saturated carbocycles. The maximum absolute atomic E-state index is 11.3. The third-order valence-corrected chi connectivity index (χ3v) is 3.97. The number of carbonyl (C=O) groups is 1. The van der Waals surface area contributed by atoms with Gasteiger partial charge in [0.1, 0.15) is 5.76 Å². The molecule has 1 aliphatic heterocycles. The Bertz CT molecular complexity index is 577. The van der Waals surface area contributed by atoms with E-state index in [2.05, 4.69) is 15.2 Å². The molecule has 6 heteroatoms. The van der Waals surface area contributed by atoms with Crippen molar-refractivity contribution >= 4 is 17.2 Å². The van der Waals surface area contributed by atoms with Gasteiger partial charge in [-0.05, 0) is 18.4 Å². The molecule has 2 aromatic rings. The molecule has 0 radical (unpaired) electrons. The zero-order chi connectivity index (χ0) is 13.2. The molecule has 0 spiro atoms. The van der Waals surface area contributed by atoms with Gasteiger partial charge in [0.25, 0.3) is 0 Å². The SMILES string of the molecule is Cc1oc(-c2cccs2)nc1CN1CCNC(=O)C1. The molecule has 3 heterocycles. The van der Waals surface area contributed by atoms with Crippen molar-refractivity contribution < 1.29 is 9.21 Å². The van der Waals surface area contributed by atoms with Crippen LogP contribution in [0, 0.1) is 6.92 Å². The largest absolute Gasteiger partial charge is 0.440 e. The molecule has 1 amide bonds. The van der Waals surface area contributed by atoms with Crippen molar-refractivity contribution in [1.82, 2.24) is 15.2 Å². The molecular formula is C13H15N3O2S. The van der Waals surface area contributed by atoms with Crippen molar-refractivity contribution in [1.29, 1.82) is 0 Å². The second kappa shape index (κ2) is 5.14. The highest BCUT2D eigenvalue weighted by Gasteiger charge is 2.19. The fraction of sp³-hybridized carbons (Fsp3) is 0.385. The number of nitrogens with one attached hydrogen (secondary N) is 1. The zero-order valence-electron chi connectivity index (χ0n) is 10.7. The predicted molar refractivity (Wildman–Crippen MR) is 72.8 cm³/mol. The molecule has 1 saturated heterocycles. The molecule has 0 aliphatic carbocycles. The second-order valence-electron chi connectivity index (χ2n) is 4.56. The number of hydrogen-bond acceptors (Lipinski definition) is 5. The lowest BCUT2D eigenvalue weighted by molar-refractivity contribution is -0.124. The first-order valence-electron chi connectivity index (χ1n) is 6.21. The van der Waals surface area contributed by atoms with E-state index in [1.165, 1.54) is 0 Å². The van der Waals surface area contributed by atoms with Crippen LogP contribution in [0.4, 0.5) is 0 Å². The van der Waals surface area contributed by atoms with Gasteiger partial charge in [-0.15, -0.1) is 11.3 Å². The van der Waals surface area contributed by atoms with E-state index in [0.717, 1.165) is 22.9 Å². The number of aromatic nitrogens is 1. The number of piperazine rings is 1. The average molecular weight is 277 g/mol. The van der Waals surface area contributed by atoms with Crippen LogP contribution in [0.25, 0.3) is 10.8 Å². The summed E-state index contributed by atoms with van der Waals surface area (Å²) in [5.74, 6) is 1.57. The summed E-state index contributed by atoms with van der Waals surface area (Å²) < 4.78 is 5.70. The average Bonchev–Trinajstić information content (AvgIpc) is 3.00. The Kier molecular flexibility index (Phi) is 3.35. The number of carbonyl (C=O) groups excluding carboxylic acids is 1. The van der Waals surface area contributed by atoms with Crippen molar-refractivity contribution in [3.63, 3.8) is 0 Å². The summed E-state index contributed by atoms with van der Waals surface area (Å²) in [7, 11) is 0. The molecule has 0 aromatic carbocycles. The van der Waals surface area contributed by atoms with E-state index in [1.807, 2.05) is 24.4 Å². The number of hydrogen-bond donors (Lipinski definition) is 1. The van der Waals surface area contributed by atoms with Crippen LogP contribution in [-0.2, 0) is 11.3 Å². The lowest BCUT2D eigenvalue weighted by atomic mass is 10.3. The van der Waals surface area contributed by atoms with Gasteiger partial charge in [0.05, 0.1) is 17.1 Å². The highest BCUT2D eigenvalue weighted by Crippen LogP contribution is 2.26. The van der Waals surface area contributed by atoms with Crippen molar-refractivity contribution in [2.75, 3.05) is 19.6 Å². The van der Waals surface area contributed by atoms with E-state index in [1.54, 1.807) is 11.3 Å². The normalized spacial score (nSPS) is 16.6. The summed E-state index contributed by atoms with van der Waals surface area (Å²) in [6, 6.07) is 3.97. The molecule has 1 N–H and O–H groups in total. The Morgan fingerprint density at radius 3 is 3.21 bits per heavy atom. The van der Waals surface area contributed by atoms with Gasteiger partial charge in [-0.25, -0.2) is 4.98 Å². The first kappa shape index (κ1) is 12.4. The van der Waals surface area contributed by atoms with Crippen molar-refractivity contribution in [2.45, 2.75) is 13.5 Å². The standard InChI is InChI=1S/C13H15N3O2S/c1-9-10(7-16-5-4-14-12(17)8-16)15-13(18-9)11-3-2-6-19-11/h2-3,6H,4-5,7-8H2,1H3,(H,14,17). The molecule has 2 aromatic heterocycles. The van der Waals surface area contributed by atoms with E-state index >= 15 is 0 Å². The number of rotatable bonds is 3. The van der Waals surface area contributed by atoms with E-state index in [-0.39, 0.29) is 5.91 Å². The van der Waals surface area contributed by atoms with E-state index in [0.29, 0.717) is 25.5 Å². The van der Waals surface area contributed by atoms with Gasteiger partial charge in [-0.1, -0.05) is 6.07 Å². The molecule has 0 bridgehead atoms. The maximum atomic E-state index is 11.3. The number of nitrogens with zero attached hydrogens (tertiary/aromatic N) is 2. The molecular weight excluding hydrogens is 262 g/mol. The van der Waals surface area contributed by atoms with Gasteiger partial charge in [-0.3, -0.25) is 9.69 Å². The second-order valence-corrected chi connectivity index (χ2v) is 5.51. The molecule has 1 aliphatic rings. The quantitative estimate of drug-likeness (QED) is 0.926. The van der Waals surface area contributed by atoms with Crippen LogP contribution in [-0.4, -0.2) is 35.4 Å². The monoisotopic (exact) mass is 277 g/mol. The first-order chi connectivity index (χ1) is 9.22. The summed E-state index contributed by atoms with van der Waals surface area (Å²) in [6.07, 6.45) is 0. The summed E-state index contributed by atoms with van der Waals surface area (Å²) >= 11 is 1.61. The highest BCUT2D eigenvalue weighted by atomic mass is 32.1. The topological polar surface area (TPSA) is 58.4 Å². The molecule has 3 rings (SSSR count). The molecule has 0 atom stereocenters. The Labute approximate surface area is 115 Å².